The topological polar surface area (TPSA) is 152 Å². The molecule has 4 N–H and O–H groups in total. The lowest BCUT2D eigenvalue weighted by Gasteiger charge is -2.14. The Balaban J connectivity index is 1.61. The number of aromatic hydroxyl groups is 1. The highest BCUT2D eigenvalue weighted by molar-refractivity contribution is 6.18. The van der Waals surface area contributed by atoms with E-state index in [2.05, 4.69) is 25.5 Å². The Bertz CT molecular complexity index is 1410. The number of phenols is 1. The average Bonchev–Trinajstić information content (AvgIpc) is 3.14. The van der Waals surface area contributed by atoms with Crippen LogP contribution in [0.3, 0.4) is 0 Å². The Labute approximate surface area is 202 Å². The zero-order valence-electron chi connectivity index (χ0n) is 19.5. The maximum absolute atomic E-state index is 13.0. The molecule has 1 aliphatic rings. The van der Waals surface area contributed by atoms with Gasteiger partial charge in [0.25, 0.3) is 5.91 Å². The average molecular weight is 469 g/mol. The molecule has 1 amide bonds. The van der Waals surface area contributed by atoms with Gasteiger partial charge >= 0.3 is 0 Å². The van der Waals surface area contributed by atoms with Crippen LogP contribution >= 0.6 is 0 Å². The second-order valence-corrected chi connectivity index (χ2v) is 8.10. The molecule has 0 radical (unpaired) electrons. The molecule has 1 aliphatic heterocycles. The minimum Gasteiger partial charge on any atom is -0.505 e. The Morgan fingerprint density at radius 1 is 1.06 bits per heavy atom. The van der Waals surface area contributed by atoms with E-state index < -0.39 is 6.04 Å². The second kappa shape index (κ2) is 9.64. The molecule has 3 aromatic carbocycles. The van der Waals surface area contributed by atoms with Gasteiger partial charge in [0, 0.05) is 11.1 Å². The first kappa shape index (κ1) is 23.4. The van der Waals surface area contributed by atoms with Gasteiger partial charge in [-0.05, 0) is 61.7 Å². The molecule has 4 rings (SSSR count). The molecular weight excluding hydrogens is 444 g/mol. The third-order valence-electron chi connectivity index (χ3n) is 5.79. The lowest BCUT2D eigenvalue weighted by atomic mass is 10.0. The summed E-state index contributed by atoms with van der Waals surface area (Å²) in [5.74, 6) is 4.94. The zero-order valence-corrected chi connectivity index (χ0v) is 19.5. The van der Waals surface area contributed by atoms with Crippen molar-refractivity contribution in [1.29, 1.82) is 5.53 Å². The molecule has 35 heavy (non-hydrogen) atoms. The van der Waals surface area contributed by atoms with Gasteiger partial charge in [-0.1, -0.05) is 36.4 Å². The molecule has 1 unspecified atom stereocenters. The minimum absolute atomic E-state index is 0.0602. The van der Waals surface area contributed by atoms with Crippen LogP contribution in [-0.2, 0) is 4.79 Å². The minimum atomic E-state index is -0.884. The predicted octanol–water partition coefficient (Wildman–Crippen LogP) is 5.20. The fourth-order valence-corrected chi connectivity index (χ4v) is 3.69. The molecule has 10 nitrogen and oxygen atoms in total. The second-order valence-electron chi connectivity index (χ2n) is 8.10. The zero-order chi connectivity index (χ0) is 25.1. The smallest absolute Gasteiger partial charge is 0.280 e. The van der Waals surface area contributed by atoms with Crippen molar-refractivity contribution < 1.29 is 9.90 Å². The van der Waals surface area contributed by atoms with Gasteiger partial charge in [-0.25, -0.2) is 5.53 Å². The normalized spacial score (nSPS) is 16.1. The van der Waals surface area contributed by atoms with E-state index in [1.54, 1.807) is 49.4 Å². The molecule has 0 saturated heterocycles. The summed E-state index contributed by atoms with van der Waals surface area (Å²) in [5.41, 5.74) is 12.4. The fraction of sp³-hybridized carbons (Fsp3) is 0.160. The molecule has 0 bridgehead atoms. The van der Waals surface area contributed by atoms with Crippen molar-refractivity contribution in [3.63, 3.8) is 0 Å². The molecule has 3 aromatic rings. The Hall–Kier alpha value is -4.73. The Morgan fingerprint density at radius 3 is 2.54 bits per heavy atom. The number of nitrogens with zero attached hydrogens (tertiary/aromatic N) is 6. The van der Waals surface area contributed by atoms with Crippen LogP contribution in [0, 0.1) is 19.4 Å². The number of nitrogens with two attached hydrogens (primary N) is 1. The first-order valence-electron chi connectivity index (χ1n) is 10.8. The summed E-state index contributed by atoms with van der Waals surface area (Å²) in [7, 11) is 0. The summed E-state index contributed by atoms with van der Waals surface area (Å²) < 4.78 is 0. The van der Waals surface area contributed by atoms with Crippen molar-refractivity contribution in [1.82, 2.24) is 0 Å². The van der Waals surface area contributed by atoms with Crippen LogP contribution in [0.4, 0.5) is 11.4 Å². The Kier molecular flexibility index (Phi) is 6.45. The summed E-state index contributed by atoms with van der Waals surface area (Å²) >= 11 is 0. The number of azo groups is 1. The van der Waals surface area contributed by atoms with Crippen LogP contribution in [0.25, 0.3) is 11.1 Å². The lowest BCUT2D eigenvalue weighted by molar-refractivity contribution is -0.117. The van der Waals surface area contributed by atoms with E-state index in [1.807, 2.05) is 32.0 Å². The van der Waals surface area contributed by atoms with Crippen molar-refractivity contribution in [2.24, 2.45) is 31.4 Å². The third-order valence-corrected chi connectivity index (χ3v) is 5.79. The number of benzene rings is 3. The van der Waals surface area contributed by atoms with Gasteiger partial charge in [0.05, 0.1) is 11.4 Å². The quantitative estimate of drug-likeness (QED) is 0.155. The highest BCUT2D eigenvalue weighted by Gasteiger charge is 2.35. The largest absolute Gasteiger partial charge is 0.505 e. The summed E-state index contributed by atoms with van der Waals surface area (Å²) in [6.45, 7) is 5.70. The summed E-state index contributed by atoms with van der Waals surface area (Å²) in [6.07, 6.45) is 0. The number of anilines is 1. The Morgan fingerprint density at radius 2 is 1.83 bits per heavy atom. The van der Waals surface area contributed by atoms with Crippen LogP contribution in [-0.4, -0.2) is 28.6 Å². The van der Waals surface area contributed by atoms with Gasteiger partial charge in [0.2, 0.25) is 0 Å². The molecule has 0 aromatic heterocycles. The van der Waals surface area contributed by atoms with E-state index in [0.29, 0.717) is 28.1 Å². The van der Waals surface area contributed by atoms with E-state index >= 15 is 0 Å². The number of carbonyl (C=O) groups excluding carboxylic acids is 1. The number of aryl methyl sites for hydroxylation is 2. The maximum atomic E-state index is 13.0. The summed E-state index contributed by atoms with van der Waals surface area (Å²) in [6, 6.07) is 16.8. The molecule has 1 heterocycles. The first-order valence-corrected chi connectivity index (χ1v) is 10.8. The number of hydrazone groups is 2. The van der Waals surface area contributed by atoms with Crippen LogP contribution in [0.5, 0.6) is 5.75 Å². The maximum Gasteiger partial charge on any atom is 0.280 e. The van der Waals surface area contributed by atoms with Crippen LogP contribution in [0.1, 0.15) is 23.6 Å². The molecule has 0 aliphatic carbocycles. The molecular formula is C25H24N8O2. The molecule has 0 fully saturated rings. The van der Waals surface area contributed by atoms with E-state index in [4.69, 9.17) is 11.4 Å². The number of rotatable bonds is 5. The van der Waals surface area contributed by atoms with Crippen LogP contribution < -0.4 is 10.9 Å². The van der Waals surface area contributed by atoms with E-state index in [9.17, 15) is 9.90 Å². The van der Waals surface area contributed by atoms with Crippen molar-refractivity contribution in [2.75, 3.05) is 5.01 Å². The number of nitrogens with one attached hydrogen (secondary N) is 1. The lowest BCUT2D eigenvalue weighted by Crippen LogP contribution is -2.29. The van der Waals surface area contributed by atoms with E-state index in [1.165, 1.54) is 5.01 Å². The predicted molar refractivity (Wildman–Crippen MR) is 134 cm³/mol. The van der Waals surface area contributed by atoms with Crippen molar-refractivity contribution in [3.05, 3.63) is 77.4 Å². The molecule has 0 saturated carbocycles. The molecule has 0 spiro atoms. The van der Waals surface area contributed by atoms with Crippen molar-refractivity contribution >= 4 is 28.8 Å². The molecule has 176 valence electrons. The van der Waals surface area contributed by atoms with Gasteiger partial charge in [-0.15, -0.1) is 5.11 Å². The first-order chi connectivity index (χ1) is 16.8. The van der Waals surface area contributed by atoms with Gasteiger partial charge in [-0.2, -0.15) is 25.4 Å². The van der Waals surface area contributed by atoms with Crippen molar-refractivity contribution in [2.45, 2.75) is 26.8 Å². The summed E-state index contributed by atoms with van der Waals surface area (Å²) in [5, 5.41) is 31.8. The highest BCUT2D eigenvalue weighted by Crippen LogP contribution is 2.38. The van der Waals surface area contributed by atoms with Gasteiger partial charge in [-0.3, -0.25) is 4.79 Å². The van der Waals surface area contributed by atoms with Crippen LogP contribution in [0.2, 0.25) is 0 Å². The van der Waals surface area contributed by atoms with Crippen LogP contribution in [0.15, 0.2) is 86.2 Å². The van der Waals surface area contributed by atoms with Crippen molar-refractivity contribution in [3.8, 4) is 16.9 Å². The number of para-hydroxylation sites is 1. The van der Waals surface area contributed by atoms with Gasteiger partial charge in [0.1, 0.15) is 5.69 Å². The number of amides is 1. The van der Waals surface area contributed by atoms with E-state index in [0.717, 1.165) is 11.1 Å². The third kappa shape index (κ3) is 4.54. The monoisotopic (exact) mass is 468 g/mol. The molecule has 1 atom stereocenters. The number of hydrogen-bond donors (Lipinski definition) is 3. The number of hydrogen-bond acceptors (Lipinski definition) is 8. The van der Waals surface area contributed by atoms with Gasteiger partial charge < -0.3 is 10.9 Å². The van der Waals surface area contributed by atoms with E-state index in [-0.39, 0.29) is 23.2 Å². The standard InChI is InChI=1S/C25H24N8O2/c1-14-10-11-19(12-15(14)2)33-25(35)22(16(3)32-33)31-30-21-9-5-8-20(23(21)34)17-6-4-7-18(13-17)24(28-26)29-27/h4-13,22,26,34H,27H2,1-3H3/b28-26?,29-24-,31-30-. The number of phenolic OH excluding ortho intramolecular Hbond substituents is 1. The van der Waals surface area contributed by atoms with Gasteiger partial charge in [0.15, 0.2) is 17.6 Å². The number of amidine groups is 1. The molecule has 10 heteroatoms. The highest BCUT2D eigenvalue weighted by atomic mass is 16.3. The fourth-order valence-electron chi connectivity index (χ4n) is 3.69. The number of carbonyl (C=O) groups is 1. The SMILES string of the molecule is CC1=NN(c2ccc(C)c(C)c2)C(=O)C1/N=N\c1cccc(-c2cccc(/C(N=N)=N/N)c2)c1O. The summed E-state index contributed by atoms with van der Waals surface area (Å²) in [4.78, 5) is 13.0.